The summed E-state index contributed by atoms with van der Waals surface area (Å²) in [5.74, 6) is 0.840. The smallest absolute Gasteiger partial charge is 0.258 e. The Morgan fingerprint density at radius 3 is 2.35 bits per heavy atom. The molecule has 8 nitrogen and oxygen atoms in total. The highest BCUT2D eigenvalue weighted by Gasteiger charge is 2.26. The highest BCUT2D eigenvalue weighted by molar-refractivity contribution is 6.09. The number of anilines is 4. The lowest BCUT2D eigenvalue weighted by Gasteiger charge is -2.18. The molecule has 0 unspecified atom stereocenters. The molecule has 186 valence electrons. The monoisotopic (exact) mass is 493 g/mol. The maximum atomic E-state index is 13.2. The number of rotatable bonds is 6. The SMILES string of the molecule is COc1ccc(C(=O)N2CCc3ccc(NC(=O)c4cccc(Nc5nc(C)cc(C)n5)c4)cc32)cc1. The zero-order chi connectivity index (χ0) is 25.9. The summed E-state index contributed by atoms with van der Waals surface area (Å²) < 4.78 is 5.19. The minimum absolute atomic E-state index is 0.0859. The molecule has 0 aliphatic carbocycles. The first-order valence-corrected chi connectivity index (χ1v) is 12.0. The number of nitrogens with one attached hydrogen (secondary N) is 2. The van der Waals surface area contributed by atoms with Crippen LogP contribution in [0.25, 0.3) is 0 Å². The fourth-order valence-electron chi connectivity index (χ4n) is 4.41. The van der Waals surface area contributed by atoms with Crippen LogP contribution in [-0.4, -0.2) is 35.4 Å². The molecule has 0 atom stereocenters. The molecular weight excluding hydrogens is 466 g/mol. The van der Waals surface area contributed by atoms with Gasteiger partial charge in [-0.3, -0.25) is 9.59 Å². The number of carbonyl (C=O) groups is 2. The summed E-state index contributed by atoms with van der Waals surface area (Å²) in [6.07, 6.45) is 0.764. The van der Waals surface area contributed by atoms with Gasteiger partial charge in [-0.05, 0) is 86.5 Å². The number of aromatic nitrogens is 2. The largest absolute Gasteiger partial charge is 0.497 e. The van der Waals surface area contributed by atoms with Crippen LogP contribution in [0.4, 0.5) is 23.0 Å². The van der Waals surface area contributed by atoms with E-state index in [9.17, 15) is 9.59 Å². The van der Waals surface area contributed by atoms with Gasteiger partial charge >= 0.3 is 0 Å². The zero-order valence-corrected chi connectivity index (χ0v) is 20.9. The molecule has 0 saturated carbocycles. The Balaban J connectivity index is 1.32. The van der Waals surface area contributed by atoms with E-state index in [-0.39, 0.29) is 11.8 Å². The van der Waals surface area contributed by atoms with E-state index >= 15 is 0 Å². The van der Waals surface area contributed by atoms with Crippen LogP contribution in [0, 0.1) is 13.8 Å². The van der Waals surface area contributed by atoms with Gasteiger partial charge in [-0.2, -0.15) is 0 Å². The molecule has 0 bridgehead atoms. The van der Waals surface area contributed by atoms with E-state index in [2.05, 4.69) is 20.6 Å². The molecular formula is C29H27N5O3. The van der Waals surface area contributed by atoms with E-state index in [1.807, 2.05) is 44.2 Å². The Morgan fingerprint density at radius 2 is 1.62 bits per heavy atom. The predicted molar refractivity (Wildman–Crippen MR) is 144 cm³/mol. The minimum atomic E-state index is -0.254. The fraction of sp³-hybridized carbons (Fsp3) is 0.172. The Labute approximate surface area is 215 Å². The van der Waals surface area contributed by atoms with Crippen molar-refractivity contribution in [3.8, 4) is 5.75 Å². The molecule has 1 aromatic heterocycles. The molecule has 4 aromatic rings. The highest BCUT2D eigenvalue weighted by atomic mass is 16.5. The molecule has 37 heavy (non-hydrogen) atoms. The van der Waals surface area contributed by atoms with Gasteiger partial charge in [-0.25, -0.2) is 9.97 Å². The first kappa shape index (κ1) is 24.0. The molecule has 2 amide bonds. The second kappa shape index (κ2) is 10.1. The molecule has 2 heterocycles. The van der Waals surface area contributed by atoms with Crippen LogP contribution in [0.15, 0.2) is 72.8 Å². The number of benzene rings is 3. The zero-order valence-electron chi connectivity index (χ0n) is 20.9. The van der Waals surface area contributed by atoms with Crippen molar-refractivity contribution in [1.82, 2.24) is 9.97 Å². The first-order valence-electron chi connectivity index (χ1n) is 12.0. The topological polar surface area (TPSA) is 96.5 Å². The van der Waals surface area contributed by atoms with E-state index in [0.717, 1.165) is 29.1 Å². The van der Waals surface area contributed by atoms with E-state index in [0.29, 0.717) is 40.7 Å². The summed E-state index contributed by atoms with van der Waals surface area (Å²) in [4.78, 5) is 36.8. The molecule has 0 saturated heterocycles. The van der Waals surface area contributed by atoms with Crippen molar-refractivity contribution in [2.24, 2.45) is 0 Å². The second-order valence-corrected chi connectivity index (χ2v) is 8.91. The summed E-state index contributed by atoms with van der Waals surface area (Å²) in [6, 6.07) is 21.8. The number of methoxy groups -OCH3 is 1. The Hall–Kier alpha value is -4.72. The standard InChI is InChI=1S/C29H27N5O3/c1-18-15-19(2)31-29(30-18)33-23-6-4-5-22(16-23)27(35)32-24-10-7-20-13-14-34(26(20)17-24)28(36)21-8-11-25(37-3)12-9-21/h4-12,15-17H,13-14H2,1-3H3,(H,32,35)(H,30,31,33). The van der Waals surface area contributed by atoms with Crippen LogP contribution in [0.1, 0.15) is 37.7 Å². The molecule has 0 fully saturated rings. The lowest BCUT2D eigenvalue weighted by Crippen LogP contribution is -2.28. The Morgan fingerprint density at radius 1 is 0.865 bits per heavy atom. The van der Waals surface area contributed by atoms with Crippen LogP contribution in [0.5, 0.6) is 5.75 Å². The second-order valence-electron chi connectivity index (χ2n) is 8.91. The van der Waals surface area contributed by atoms with Crippen LogP contribution in [-0.2, 0) is 6.42 Å². The number of fused-ring (bicyclic) bond motifs is 1. The maximum absolute atomic E-state index is 13.2. The number of nitrogens with zero attached hydrogens (tertiary/aromatic N) is 3. The molecule has 0 spiro atoms. The minimum Gasteiger partial charge on any atom is -0.497 e. The Bertz CT molecular complexity index is 1460. The van der Waals surface area contributed by atoms with Crippen molar-refractivity contribution in [3.05, 3.63) is 101 Å². The van der Waals surface area contributed by atoms with Crippen molar-refractivity contribution < 1.29 is 14.3 Å². The third kappa shape index (κ3) is 5.28. The lowest BCUT2D eigenvalue weighted by molar-refractivity contribution is 0.0988. The third-order valence-corrected chi connectivity index (χ3v) is 6.18. The van der Waals surface area contributed by atoms with Crippen molar-refractivity contribution >= 4 is 34.8 Å². The van der Waals surface area contributed by atoms with E-state index in [1.165, 1.54) is 0 Å². The van der Waals surface area contributed by atoms with Crippen LogP contribution >= 0.6 is 0 Å². The summed E-state index contributed by atoms with van der Waals surface area (Å²) in [7, 11) is 1.59. The molecule has 2 N–H and O–H groups in total. The van der Waals surface area contributed by atoms with Crippen molar-refractivity contribution in [1.29, 1.82) is 0 Å². The number of ether oxygens (including phenoxy) is 1. The van der Waals surface area contributed by atoms with Gasteiger partial charge in [0.25, 0.3) is 11.8 Å². The normalized spacial score (nSPS) is 12.1. The van der Waals surface area contributed by atoms with Gasteiger partial charge in [-0.1, -0.05) is 12.1 Å². The number of hydrogen-bond acceptors (Lipinski definition) is 6. The lowest BCUT2D eigenvalue weighted by atomic mass is 10.1. The summed E-state index contributed by atoms with van der Waals surface area (Å²) in [6.45, 7) is 4.41. The molecule has 8 heteroatoms. The van der Waals surface area contributed by atoms with Gasteiger partial charge in [-0.15, -0.1) is 0 Å². The van der Waals surface area contributed by atoms with Crippen molar-refractivity contribution in [3.63, 3.8) is 0 Å². The highest BCUT2D eigenvalue weighted by Crippen LogP contribution is 2.32. The Kier molecular flexibility index (Phi) is 6.55. The number of hydrogen-bond donors (Lipinski definition) is 2. The van der Waals surface area contributed by atoms with Crippen molar-refractivity contribution in [2.45, 2.75) is 20.3 Å². The van der Waals surface area contributed by atoms with E-state index in [1.54, 1.807) is 54.5 Å². The quantitative estimate of drug-likeness (QED) is 0.378. The number of carbonyl (C=O) groups excluding carboxylic acids is 2. The van der Waals surface area contributed by atoms with Gasteiger partial charge in [0.1, 0.15) is 5.75 Å². The summed E-state index contributed by atoms with van der Waals surface area (Å²) >= 11 is 0. The molecule has 5 rings (SSSR count). The fourth-order valence-corrected chi connectivity index (χ4v) is 4.41. The average molecular weight is 494 g/mol. The maximum Gasteiger partial charge on any atom is 0.258 e. The van der Waals surface area contributed by atoms with Crippen LogP contribution < -0.4 is 20.3 Å². The van der Waals surface area contributed by atoms with Crippen LogP contribution in [0.3, 0.4) is 0 Å². The first-order chi connectivity index (χ1) is 17.9. The number of aryl methyl sites for hydroxylation is 2. The van der Waals surface area contributed by atoms with Gasteiger partial charge in [0.05, 0.1) is 7.11 Å². The third-order valence-electron chi connectivity index (χ3n) is 6.18. The number of amides is 2. The van der Waals surface area contributed by atoms with Gasteiger partial charge < -0.3 is 20.3 Å². The van der Waals surface area contributed by atoms with E-state index < -0.39 is 0 Å². The van der Waals surface area contributed by atoms with Gasteiger partial charge in [0.2, 0.25) is 5.95 Å². The summed E-state index contributed by atoms with van der Waals surface area (Å²) in [5.41, 5.74) is 6.00. The summed E-state index contributed by atoms with van der Waals surface area (Å²) in [5, 5.41) is 6.12. The average Bonchev–Trinajstić information content (AvgIpc) is 3.31. The molecule has 1 aliphatic heterocycles. The van der Waals surface area contributed by atoms with E-state index in [4.69, 9.17) is 4.74 Å². The van der Waals surface area contributed by atoms with Crippen molar-refractivity contribution in [2.75, 3.05) is 29.2 Å². The van der Waals surface area contributed by atoms with Gasteiger partial charge in [0, 0.05) is 46.1 Å². The predicted octanol–water partition coefficient (Wildman–Crippen LogP) is 5.30. The molecule has 3 aromatic carbocycles. The van der Waals surface area contributed by atoms with Crippen LogP contribution in [0.2, 0.25) is 0 Å². The van der Waals surface area contributed by atoms with Gasteiger partial charge in [0.15, 0.2) is 0 Å². The molecule has 0 radical (unpaired) electrons. The molecule has 1 aliphatic rings.